The minimum absolute atomic E-state index is 0.101. The Morgan fingerprint density at radius 3 is 2.08 bits per heavy atom. The third-order valence-corrected chi connectivity index (χ3v) is 2.67. The smallest absolute Gasteiger partial charge is 0.257 e. The second-order valence-electron chi connectivity index (χ2n) is 3.30. The van der Waals surface area contributed by atoms with Gasteiger partial charge >= 0.3 is 0 Å². The molecule has 0 aromatic rings. The van der Waals surface area contributed by atoms with Gasteiger partial charge in [-0.2, -0.15) is 0 Å². The lowest BCUT2D eigenvalue weighted by Crippen LogP contribution is -2.28. The minimum Gasteiger partial charge on any atom is -0.365 e. The molecule has 1 N–H and O–H groups in total. The summed E-state index contributed by atoms with van der Waals surface area (Å²) in [4.78, 5) is 22.4. The zero-order valence-electron chi connectivity index (χ0n) is 6.29. The van der Waals surface area contributed by atoms with E-state index >= 15 is 0 Å². The fourth-order valence-corrected chi connectivity index (χ4v) is 2.18. The molecule has 12 heavy (non-hydrogen) atoms. The quantitative estimate of drug-likeness (QED) is 0.492. The summed E-state index contributed by atoms with van der Waals surface area (Å²) in [6.07, 6.45) is 1.56. The zero-order chi connectivity index (χ0) is 8.29. The minimum atomic E-state index is -0.248. The second-order valence-corrected chi connectivity index (χ2v) is 3.30. The van der Waals surface area contributed by atoms with Gasteiger partial charge in [-0.05, 0) is 12.8 Å². The van der Waals surface area contributed by atoms with Crippen LogP contribution in [0.2, 0.25) is 0 Å². The molecule has 3 aliphatic heterocycles. The molecule has 0 aromatic heterocycles. The Kier molecular flexibility index (Phi) is 0.939. The topological polar surface area (TPSA) is 55.4 Å². The second kappa shape index (κ2) is 1.77. The van der Waals surface area contributed by atoms with Gasteiger partial charge in [-0.1, -0.05) is 0 Å². The monoisotopic (exact) mass is 165 g/mol. The van der Waals surface area contributed by atoms with Crippen LogP contribution in [0.5, 0.6) is 0 Å². The van der Waals surface area contributed by atoms with Crippen LogP contribution < -0.4 is 5.32 Å². The molecule has 1 saturated heterocycles. The molecule has 0 spiro atoms. The van der Waals surface area contributed by atoms with Crippen LogP contribution in [-0.2, 0) is 14.3 Å². The van der Waals surface area contributed by atoms with E-state index in [-0.39, 0.29) is 24.0 Å². The maximum absolute atomic E-state index is 11.2. The number of carbonyl (C=O) groups is 2. The average molecular weight is 165 g/mol. The van der Waals surface area contributed by atoms with Gasteiger partial charge in [0.1, 0.15) is 0 Å². The Hall–Kier alpha value is -1.16. The molecule has 0 saturated carbocycles. The number of ether oxygens (including phenoxy) is 1. The Labute approximate surface area is 68.6 Å². The number of amides is 2. The summed E-state index contributed by atoms with van der Waals surface area (Å²) in [6.45, 7) is 0. The molecule has 4 nitrogen and oxygen atoms in total. The standard InChI is InChI=1S/C8H7NO3/c10-7-5-3-1-2-4(12-3)6(5)8(11)9-7/h3-4H,1-2H2,(H,9,10,11). The van der Waals surface area contributed by atoms with Crippen LogP contribution in [-0.4, -0.2) is 24.0 Å². The van der Waals surface area contributed by atoms with Gasteiger partial charge in [-0.3, -0.25) is 14.9 Å². The highest BCUT2D eigenvalue weighted by atomic mass is 16.5. The first kappa shape index (κ1) is 6.37. The summed E-state index contributed by atoms with van der Waals surface area (Å²) in [5.74, 6) is -0.496. The maximum atomic E-state index is 11.2. The number of rotatable bonds is 0. The largest absolute Gasteiger partial charge is 0.365 e. The third-order valence-electron chi connectivity index (χ3n) is 2.67. The Morgan fingerprint density at radius 2 is 1.58 bits per heavy atom. The van der Waals surface area contributed by atoms with Gasteiger partial charge in [0.05, 0.1) is 23.4 Å². The Balaban J connectivity index is 2.18. The number of hydrogen-bond donors (Lipinski definition) is 1. The van der Waals surface area contributed by atoms with E-state index in [2.05, 4.69) is 5.32 Å². The SMILES string of the molecule is O=C1NC(=O)C2=C1C1CCC2O1. The average Bonchev–Trinajstić information content (AvgIpc) is 2.64. The molecule has 2 bridgehead atoms. The third kappa shape index (κ3) is 0.536. The van der Waals surface area contributed by atoms with Crippen molar-refractivity contribution < 1.29 is 14.3 Å². The van der Waals surface area contributed by atoms with Crippen LogP contribution in [0.1, 0.15) is 12.8 Å². The first-order valence-corrected chi connectivity index (χ1v) is 4.02. The van der Waals surface area contributed by atoms with Crippen molar-refractivity contribution in [3.63, 3.8) is 0 Å². The van der Waals surface area contributed by atoms with Crippen molar-refractivity contribution in [1.82, 2.24) is 5.32 Å². The normalized spacial score (nSPS) is 37.7. The van der Waals surface area contributed by atoms with E-state index in [1.54, 1.807) is 0 Å². The summed E-state index contributed by atoms with van der Waals surface area (Å²) < 4.78 is 5.42. The summed E-state index contributed by atoms with van der Waals surface area (Å²) in [5, 5.41) is 2.29. The van der Waals surface area contributed by atoms with Crippen molar-refractivity contribution in [3.8, 4) is 0 Å². The summed E-state index contributed by atoms with van der Waals surface area (Å²) in [7, 11) is 0. The van der Waals surface area contributed by atoms with Crippen molar-refractivity contribution in [2.45, 2.75) is 25.0 Å². The molecule has 1 fully saturated rings. The highest BCUT2D eigenvalue weighted by molar-refractivity contribution is 6.21. The van der Waals surface area contributed by atoms with Crippen LogP contribution >= 0.6 is 0 Å². The molecule has 4 heteroatoms. The summed E-state index contributed by atoms with van der Waals surface area (Å²) in [5.41, 5.74) is 1.19. The fraction of sp³-hybridized carbons (Fsp3) is 0.500. The predicted molar refractivity (Wildman–Crippen MR) is 38.1 cm³/mol. The van der Waals surface area contributed by atoms with Crippen LogP contribution in [0.4, 0.5) is 0 Å². The van der Waals surface area contributed by atoms with Crippen LogP contribution in [0.15, 0.2) is 11.1 Å². The van der Waals surface area contributed by atoms with Gasteiger partial charge in [-0.25, -0.2) is 0 Å². The van der Waals surface area contributed by atoms with Gasteiger partial charge < -0.3 is 4.74 Å². The van der Waals surface area contributed by atoms with E-state index in [4.69, 9.17) is 4.74 Å². The molecule has 3 rings (SSSR count). The molecular weight excluding hydrogens is 158 g/mol. The molecule has 3 aliphatic rings. The van der Waals surface area contributed by atoms with Crippen LogP contribution in [0.3, 0.4) is 0 Å². The highest BCUT2D eigenvalue weighted by Gasteiger charge is 2.49. The van der Waals surface area contributed by atoms with Gasteiger partial charge in [0, 0.05) is 0 Å². The number of hydrogen-bond acceptors (Lipinski definition) is 3. The summed E-state index contributed by atoms with van der Waals surface area (Å²) >= 11 is 0. The number of carbonyl (C=O) groups excluding carboxylic acids is 2. The van der Waals surface area contributed by atoms with Crippen LogP contribution in [0.25, 0.3) is 0 Å². The fourth-order valence-electron chi connectivity index (χ4n) is 2.18. The predicted octanol–water partition coefficient (Wildman–Crippen LogP) is -0.499. The van der Waals surface area contributed by atoms with Gasteiger partial charge in [0.15, 0.2) is 0 Å². The molecule has 3 heterocycles. The van der Waals surface area contributed by atoms with Crippen molar-refractivity contribution in [2.75, 3.05) is 0 Å². The molecule has 2 atom stereocenters. The van der Waals surface area contributed by atoms with Gasteiger partial charge in [-0.15, -0.1) is 0 Å². The first-order chi connectivity index (χ1) is 5.77. The molecule has 2 amide bonds. The Bertz CT molecular complexity index is 301. The highest BCUT2D eigenvalue weighted by Crippen LogP contribution is 2.41. The molecule has 62 valence electrons. The first-order valence-electron chi connectivity index (χ1n) is 4.02. The van der Waals surface area contributed by atoms with E-state index in [0.29, 0.717) is 11.1 Å². The van der Waals surface area contributed by atoms with Crippen LogP contribution in [0, 0.1) is 0 Å². The van der Waals surface area contributed by atoms with E-state index in [9.17, 15) is 9.59 Å². The van der Waals surface area contributed by atoms with Gasteiger partial charge in [0.2, 0.25) is 0 Å². The zero-order valence-corrected chi connectivity index (χ0v) is 6.29. The van der Waals surface area contributed by atoms with Crippen molar-refractivity contribution in [3.05, 3.63) is 11.1 Å². The molecule has 0 aromatic carbocycles. The van der Waals surface area contributed by atoms with E-state index in [0.717, 1.165) is 12.8 Å². The molecule has 0 radical (unpaired) electrons. The summed E-state index contributed by atoms with van der Waals surface area (Å²) in [6, 6.07) is 0. The maximum Gasteiger partial charge on any atom is 0.257 e. The molecule has 2 unspecified atom stereocenters. The lowest BCUT2D eigenvalue weighted by Gasteiger charge is -2.04. The molecular formula is C8H7NO3. The number of fused-ring (bicyclic) bond motifs is 4. The number of nitrogens with one attached hydrogen (secondary N) is 1. The van der Waals surface area contributed by atoms with Crippen molar-refractivity contribution >= 4 is 11.8 Å². The molecule has 0 aliphatic carbocycles. The number of imide groups is 1. The van der Waals surface area contributed by atoms with Crippen molar-refractivity contribution in [1.29, 1.82) is 0 Å². The van der Waals surface area contributed by atoms with E-state index in [1.165, 1.54) is 0 Å². The Morgan fingerprint density at radius 1 is 1.08 bits per heavy atom. The van der Waals surface area contributed by atoms with E-state index in [1.807, 2.05) is 0 Å². The van der Waals surface area contributed by atoms with E-state index < -0.39 is 0 Å². The van der Waals surface area contributed by atoms with Gasteiger partial charge in [0.25, 0.3) is 11.8 Å². The van der Waals surface area contributed by atoms with Crippen molar-refractivity contribution in [2.24, 2.45) is 0 Å². The lowest BCUT2D eigenvalue weighted by molar-refractivity contribution is -0.125. The lowest BCUT2D eigenvalue weighted by atomic mass is 9.93.